The van der Waals surface area contributed by atoms with E-state index in [9.17, 15) is 14.3 Å². The molecule has 2 fully saturated rings. The summed E-state index contributed by atoms with van der Waals surface area (Å²) in [5.41, 5.74) is 1.03. The lowest BCUT2D eigenvalue weighted by molar-refractivity contribution is -0.123. The summed E-state index contributed by atoms with van der Waals surface area (Å²) in [5, 5.41) is 10.6. The van der Waals surface area contributed by atoms with Crippen molar-refractivity contribution in [3.63, 3.8) is 0 Å². The molecule has 0 radical (unpaired) electrons. The molecule has 2 saturated heterocycles. The van der Waals surface area contributed by atoms with Gasteiger partial charge in [-0.05, 0) is 36.5 Å². The highest BCUT2D eigenvalue weighted by Gasteiger charge is 2.50. The lowest BCUT2D eigenvalue weighted by Gasteiger charge is -2.36. The molecule has 4 heteroatoms. The van der Waals surface area contributed by atoms with Crippen molar-refractivity contribution in [2.24, 2.45) is 5.92 Å². The average Bonchev–Trinajstić information content (AvgIpc) is 2.74. The molecule has 1 aromatic carbocycles. The Morgan fingerprint density at radius 3 is 2.70 bits per heavy atom. The number of carbonyl (C=O) groups excluding carboxylic acids is 1. The van der Waals surface area contributed by atoms with Crippen molar-refractivity contribution in [1.82, 2.24) is 0 Å². The van der Waals surface area contributed by atoms with Crippen LogP contribution in [-0.4, -0.2) is 27.5 Å². The first-order valence-corrected chi connectivity index (χ1v) is 8.16. The Balaban J connectivity index is 1.95. The van der Waals surface area contributed by atoms with E-state index in [0.717, 1.165) is 18.4 Å². The Bertz CT molecular complexity index is 502. The molecule has 2 aliphatic heterocycles. The van der Waals surface area contributed by atoms with Crippen molar-refractivity contribution in [3.05, 3.63) is 35.6 Å². The monoisotopic (exact) mass is 294 g/mol. The van der Waals surface area contributed by atoms with Crippen molar-refractivity contribution in [2.75, 3.05) is 0 Å². The van der Waals surface area contributed by atoms with Crippen molar-refractivity contribution in [2.45, 2.75) is 48.7 Å². The van der Waals surface area contributed by atoms with Gasteiger partial charge in [0, 0.05) is 22.8 Å². The molecule has 2 heterocycles. The highest BCUT2D eigenvalue weighted by Crippen LogP contribution is 2.53. The van der Waals surface area contributed by atoms with Crippen molar-refractivity contribution >= 4 is 17.5 Å². The van der Waals surface area contributed by atoms with Gasteiger partial charge in [-0.2, -0.15) is 11.8 Å². The number of fused-ring (bicyclic) bond motifs is 2. The number of halogens is 1. The van der Waals surface area contributed by atoms with Gasteiger partial charge in [-0.3, -0.25) is 4.79 Å². The van der Waals surface area contributed by atoms with Crippen molar-refractivity contribution in [3.8, 4) is 0 Å². The second-order valence-electron chi connectivity index (χ2n) is 5.77. The van der Waals surface area contributed by atoms with Crippen LogP contribution in [0.1, 0.15) is 37.7 Å². The van der Waals surface area contributed by atoms with Crippen molar-refractivity contribution < 1.29 is 14.3 Å². The Morgan fingerprint density at radius 2 is 2.05 bits per heavy atom. The number of aliphatic hydroxyl groups excluding tert-OH is 1. The van der Waals surface area contributed by atoms with E-state index in [1.165, 1.54) is 12.1 Å². The first-order valence-electron chi connectivity index (χ1n) is 7.22. The van der Waals surface area contributed by atoms with Gasteiger partial charge in [0.05, 0.1) is 6.10 Å². The maximum Gasteiger partial charge on any atom is 0.137 e. The number of ketones is 1. The smallest absolute Gasteiger partial charge is 0.137 e. The van der Waals surface area contributed by atoms with Crippen LogP contribution in [0, 0.1) is 11.7 Å². The highest BCUT2D eigenvalue weighted by atomic mass is 32.2. The minimum Gasteiger partial charge on any atom is -0.392 e. The molecule has 108 valence electrons. The fourth-order valence-electron chi connectivity index (χ4n) is 3.60. The van der Waals surface area contributed by atoms with E-state index in [1.54, 1.807) is 23.9 Å². The third kappa shape index (κ3) is 2.40. The lowest BCUT2D eigenvalue weighted by Crippen LogP contribution is -2.38. The third-order valence-electron chi connectivity index (χ3n) is 4.56. The first-order chi connectivity index (χ1) is 9.60. The molecule has 2 aliphatic rings. The Labute approximate surface area is 122 Å². The molecule has 0 aromatic heterocycles. The van der Waals surface area contributed by atoms with Gasteiger partial charge < -0.3 is 5.11 Å². The standard InChI is InChI=1S/C16H19FO2S/c1-2-13(18)15-12(9-3-5-10(17)6-4-9)7-11-8-14(19)16(15)20-11/h3-6,11-12,14-16,19H,2,7-8H2,1H3/t11?,12-,14?,15-,16-/m1/s1. The van der Waals surface area contributed by atoms with Gasteiger partial charge in [-0.25, -0.2) is 4.39 Å². The van der Waals surface area contributed by atoms with Crippen molar-refractivity contribution in [1.29, 1.82) is 0 Å². The zero-order valence-corrected chi connectivity index (χ0v) is 12.3. The zero-order valence-electron chi connectivity index (χ0n) is 11.5. The summed E-state index contributed by atoms with van der Waals surface area (Å²) in [6, 6.07) is 6.50. The summed E-state index contributed by atoms with van der Waals surface area (Å²) in [4.78, 5) is 12.4. The molecular weight excluding hydrogens is 275 g/mol. The van der Waals surface area contributed by atoms with Crippen LogP contribution in [0.15, 0.2) is 24.3 Å². The fourth-order valence-corrected chi connectivity index (χ4v) is 5.48. The number of thioether (sulfide) groups is 1. The minimum atomic E-state index is -0.379. The largest absolute Gasteiger partial charge is 0.392 e. The first kappa shape index (κ1) is 14.1. The van der Waals surface area contributed by atoms with Crippen LogP contribution in [0.5, 0.6) is 0 Å². The normalized spacial score (nSPS) is 36.0. The van der Waals surface area contributed by atoms with Crippen LogP contribution in [-0.2, 0) is 4.79 Å². The molecule has 2 bridgehead atoms. The van der Waals surface area contributed by atoms with Crippen LogP contribution in [0.3, 0.4) is 0 Å². The van der Waals surface area contributed by atoms with Crippen LogP contribution in [0.2, 0.25) is 0 Å². The van der Waals surface area contributed by atoms with Crippen LogP contribution in [0.25, 0.3) is 0 Å². The number of hydrogen-bond donors (Lipinski definition) is 1. The summed E-state index contributed by atoms with van der Waals surface area (Å²) in [6.07, 6.45) is 1.80. The summed E-state index contributed by atoms with van der Waals surface area (Å²) in [7, 11) is 0. The lowest BCUT2D eigenvalue weighted by atomic mass is 9.78. The predicted molar refractivity (Wildman–Crippen MR) is 78.3 cm³/mol. The van der Waals surface area contributed by atoms with E-state index in [0.29, 0.717) is 11.7 Å². The molecular formula is C16H19FO2S. The van der Waals surface area contributed by atoms with E-state index in [1.807, 2.05) is 6.92 Å². The fraction of sp³-hybridized carbons (Fsp3) is 0.562. The van der Waals surface area contributed by atoms with Gasteiger partial charge in [-0.15, -0.1) is 0 Å². The van der Waals surface area contributed by atoms with E-state index in [-0.39, 0.29) is 34.8 Å². The van der Waals surface area contributed by atoms with E-state index >= 15 is 0 Å². The number of rotatable bonds is 3. The molecule has 2 unspecified atom stereocenters. The molecule has 1 aromatic rings. The second-order valence-corrected chi connectivity index (χ2v) is 7.25. The molecule has 1 N–H and O–H groups in total. The average molecular weight is 294 g/mol. The number of benzene rings is 1. The summed E-state index contributed by atoms with van der Waals surface area (Å²) < 4.78 is 13.1. The van der Waals surface area contributed by atoms with Gasteiger partial charge in [0.15, 0.2) is 0 Å². The topological polar surface area (TPSA) is 37.3 Å². The number of Topliss-reactive ketones (excluding diaryl/α,β-unsaturated/α-hetero) is 1. The van der Waals surface area contributed by atoms with Crippen LogP contribution in [0.4, 0.5) is 4.39 Å². The minimum absolute atomic E-state index is 0.0104. The summed E-state index contributed by atoms with van der Waals surface area (Å²) in [5.74, 6) is -0.0443. The summed E-state index contributed by atoms with van der Waals surface area (Å²) in [6.45, 7) is 1.88. The number of hydrogen-bond acceptors (Lipinski definition) is 3. The Morgan fingerprint density at radius 1 is 1.35 bits per heavy atom. The van der Waals surface area contributed by atoms with Gasteiger partial charge in [-0.1, -0.05) is 19.1 Å². The van der Waals surface area contributed by atoms with E-state index in [2.05, 4.69) is 0 Å². The molecule has 3 rings (SSSR count). The Hall–Kier alpha value is -0.870. The molecule has 0 saturated carbocycles. The van der Waals surface area contributed by atoms with Gasteiger partial charge in [0.1, 0.15) is 11.6 Å². The molecule has 0 spiro atoms. The molecule has 0 aliphatic carbocycles. The van der Waals surface area contributed by atoms with Crippen LogP contribution >= 0.6 is 11.8 Å². The Kier molecular flexibility index (Phi) is 3.87. The number of aliphatic hydroxyl groups is 1. The van der Waals surface area contributed by atoms with Gasteiger partial charge in [0.25, 0.3) is 0 Å². The van der Waals surface area contributed by atoms with Gasteiger partial charge in [0.2, 0.25) is 0 Å². The summed E-state index contributed by atoms with van der Waals surface area (Å²) >= 11 is 1.77. The van der Waals surface area contributed by atoms with Gasteiger partial charge >= 0.3 is 0 Å². The predicted octanol–water partition coefficient (Wildman–Crippen LogP) is 3.14. The SMILES string of the molecule is CCC(=O)[C@H]1[C@@H](c2ccc(F)cc2)CC2CC(O)[C@H]1S2. The molecule has 20 heavy (non-hydrogen) atoms. The maximum atomic E-state index is 13.1. The maximum absolute atomic E-state index is 13.1. The second kappa shape index (κ2) is 5.49. The van der Waals surface area contributed by atoms with Crippen LogP contribution < -0.4 is 0 Å². The molecule has 5 atom stereocenters. The molecule has 0 amide bonds. The van der Waals surface area contributed by atoms with E-state index < -0.39 is 0 Å². The quantitative estimate of drug-likeness (QED) is 0.930. The zero-order chi connectivity index (χ0) is 14.3. The molecule has 2 nitrogen and oxygen atoms in total. The number of carbonyl (C=O) groups is 1. The third-order valence-corrected chi connectivity index (χ3v) is 6.25. The highest BCUT2D eigenvalue weighted by molar-refractivity contribution is 8.00. The van der Waals surface area contributed by atoms with E-state index in [4.69, 9.17) is 0 Å².